The Morgan fingerprint density at radius 3 is 2.40 bits per heavy atom. The van der Waals surface area contributed by atoms with Gasteiger partial charge in [-0.05, 0) is 24.6 Å². The number of esters is 1. The Hall–Kier alpha value is -2.12. The third-order valence-electron chi connectivity index (χ3n) is 2.50. The quantitative estimate of drug-likeness (QED) is 0.578. The largest absolute Gasteiger partial charge is 0.484 e. The number of primary amides is 1. The lowest BCUT2D eigenvalue weighted by molar-refractivity contribution is -0.147. The smallest absolute Gasteiger partial charge is 0.325 e. The summed E-state index contributed by atoms with van der Waals surface area (Å²) in [4.78, 5) is 22.0. The summed E-state index contributed by atoms with van der Waals surface area (Å²) >= 11 is 0. The molecule has 0 aromatic heterocycles. The summed E-state index contributed by atoms with van der Waals surface area (Å²) in [6.07, 6.45) is -1.18. The summed E-state index contributed by atoms with van der Waals surface area (Å²) in [7, 11) is 0. The number of ether oxygens (including phenoxy) is 2. The van der Waals surface area contributed by atoms with Crippen LogP contribution in [0.3, 0.4) is 0 Å². The van der Waals surface area contributed by atoms with Gasteiger partial charge in [-0.2, -0.15) is 0 Å². The first-order valence-corrected chi connectivity index (χ1v) is 6.07. The summed E-state index contributed by atoms with van der Waals surface area (Å²) in [5.41, 5.74) is 11.0. The van der Waals surface area contributed by atoms with Crippen LogP contribution in [-0.2, 0) is 14.3 Å². The molecule has 0 bridgehead atoms. The van der Waals surface area contributed by atoms with Gasteiger partial charge in [0.15, 0.2) is 6.61 Å². The molecule has 1 amide bonds. The number of benzene rings is 1. The average molecular weight is 282 g/mol. The van der Waals surface area contributed by atoms with E-state index in [1.807, 2.05) is 0 Å². The zero-order valence-corrected chi connectivity index (χ0v) is 11.1. The van der Waals surface area contributed by atoms with Gasteiger partial charge < -0.3 is 26.0 Å². The van der Waals surface area contributed by atoms with Gasteiger partial charge in [0.2, 0.25) is 0 Å². The molecule has 0 heterocycles. The molecule has 0 spiro atoms. The van der Waals surface area contributed by atoms with Gasteiger partial charge in [-0.3, -0.25) is 9.59 Å². The molecule has 110 valence electrons. The summed E-state index contributed by atoms with van der Waals surface area (Å²) < 4.78 is 9.80. The topological polar surface area (TPSA) is 125 Å². The van der Waals surface area contributed by atoms with E-state index in [4.69, 9.17) is 20.9 Å². The molecule has 1 rings (SSSR count). The van der Waals surface area contributed by atoms with Crippen LogP contribution in [0.2, 0.25) is 0 Å². The van der Waals surface area contributed by atoms with Crippen molar-refractivity contribution in [2.75, 3.05) is 13.2 Å². The highest BCUT2D eigenvalue weighted by Crippen LogP contribution is 2.20. The van der Waals surface area contributed by atoms with E-state index in [9.17, 15) is 14.7 Å². The molecule has 7 nitrogen and oxygen atoms in total. The number of amides is 1. The van der Waals surface area contributed by atoms with Crippen molar-refractivity contribution in [3.63, 3.8) is 0 Å². The monoisotopic (exact) mass is 282 g/mol. The second-order valence-electron chi connectivity index (χ2n) is 4.05. The maximum Gasteiger partial charge on any atom is 0.325 e. The van der Waals surface area contributed by atoms with Gasteiger partial charge >= 0.3 is 5.97 Å². The second kappa shape index (κ2) is 7.46. The van der Waals surface area contributed by atoms with Crippen molar-refractivity contribution in [1.29, 1.82) is 0 Å². The summed E-state index contributed by atoms with van der Waals surface area (Å²) in [6, 6.07) is 5.01. The standard InChI is InChI=1S/C13H18N2O5/c1-2-19-13(18)11(15)12(17)8-3-5-9(6-4-8)20-7-10(14)16/h3-6,11-12,17H,2,7,15H2,1H3,(H2,14,16). The molecular formula is C13H18N2O5. The van der Waals surface area contributed by atoms with E-state index >= 15 is 0 Å². The Labute approximate surface area is 116 Å². The average Bonchev–Trinajstić information content (AvgIpc) is 2.44. The minimum absolute atomic E-state index is 0.194. The number of nitrogens with two attached hydrogens (primary N) is 2. The lowest BCUT2D eigenvalue weighted by atomic mass is 10.0. The van der Waals surface area contributed by atoms with E-state index in [2.05, 4.69) is 0 Å². The molecule has 0 saturated heterocycles. The molecule has 20 heavy (non-hydrogen) atoms. The molecule has 0 radical (unpaired) electrons. The van der Waals surface area contributed by atoms with Crippen LogP contribution in [0.15, 0.2) is 24.3 Å². The first kappa shape index (κ1) is 15.9. The number of aliphatic hydroxyl groups is 1. The van der Waals surface area contributed by atoms with Crippen molar-refractivity contribution in [1.82, 2.24) is 0 Å². The lowest BCUT2D eigenvalue weighted by Gasteiger charge is -2.17. The molecule has 2 atom stereocenters. The van der Waals surface area contributed by atoms with Crippen molar-refractivity contribution >= 4 is 11.9 Å². The highest BCUT2D eigenvalue weighted by Gasteiger charge is 2.25. The Bertz CT molecular complexity index is 460. The van der Waals surface area contributed by atoms with Gasteiger partial charge in [-0.15, -0.1) is 0 Å². The van der Waals surface area contributed by atoms with E-state index in [1.165, 1.54) is 0 Å². The fourth-order valence-corrected chi connectivity index (χ4v) is 1.49. The number of hydrogen-bond donors (Lipinski definition) is 3. The second-order valence-corrected chi connectivity index (χ2v) is 4.05. The fraction of sp³-hybridized carbons (Fsp3) is 0.385. The molecule has 1 aromatic carbocycles. The number of rotatable bonds is 7. The first-order valence-electron chi connectivity index (χ1n) is 6.07. The number of carbonyl (C=O) groups excluding carboxylic acids is 2. The lowest BCUT2D eigenvalue weighted by Crippen LogP contribution is -2.38. The summed E-state index contributed by atoms with van der Waals surface area (Å²) in [6.45, 7) is 1.62. The predicted octanol–water partition coefficient (Wildman–Crippen LogP) is -0.525. The molecule has 0 aliphatic carbocycles. The van der Waals surface area contributed by atoms with Gasteiger partial charge in [0.25, 0.3) is 5.91 Å². The Kier molecular flexibility index (Phi) is 5.95. The summed E-state index contributed by atoms with van der Waals surface area (Å²) in [5, 5.41) is 9.95. The maximum absolute atomic E-state index is 11.4. The van der Waals surface area contributed by atoms with Crippen molar-refractivity contribution in [3.05, 3.63) is 29.8 Å². The molecule has 0 aliphatic heterocycles. The zero-order chi connectivity index (χ0) is 15.1. The Balaban J connectivity index is 2.67. The zero-order valence-electron chi connectivity index (χ0n) is 11.1. The van der Waals surface area contributed by atoms with Crippen LogP contribution in [0.1, 0.15) is 18.6 Å². The molecule has 0 aliphatic rings. The molecular weight excluding hydrogens is 264 g/mol. The Morgan fingerprint density at radius 2 is 1.90 bits per heavy atom. The minimum Gasteiger partial charge on any atom is -0.484 e. The van der Waals surface area contributed by atoms with Gasteiger partial charge in [0, 0.05) is 0 Å². The number of carbonyl (C=O) groups is 2. The van der Waals surface area contributed by atoms with E-state index < -0.39 is 24.0 Å². The van der Waals surface area contributed by atoms with Crippen molar-refractivity contribution in [2.45, 2.75) is 19.1 Å². The van der Waals surface area contributed by atoms with Crippen LogP contribution < -0.4 is 16.2 Å². The summed E-state index contributed by atoms with van der Waals surface area (Å²) in [5.74, 6) is -0.836. The molecule has 5 N–H and O–H groups in total. The molecule has 0 saturated carbocycles. The fourth-order valence-electron chi connectivity index (χ4n) is 1.49. The van der Waals surface area contributed by atoms with Gasteiger partial charge in [-0.1, -0.05) is 12.1 Å². The molecule has 7 heteroatoms. The highest BCUT2D eigenvalue weighted by molar-refractivity contribution is 5.76. The van der Waals surface area contributed by atoms with Crippen LogP contribution in [0.4, 0.5) is 0 Å². The number of hydrogen-bond acceptors (Lipinski definition) is 6. The highest BCUT2D eigenvalue weighted by atomic mass is 16.5. The normalized spacial score (nSPS) is 13.3. The molecule has 1 aromatic rings. The SMILES string of the molecule is CCOC(=O)C(N)C(O)c1ccc(OCC(N)=O)cc1. The maximum atomic E-state index is 11.4. The van der Waals surface area contributed by atoms with E-state index in [0.717, 1.165) is 0 Å². The van der Waals surface area contributed by atoms with Crippen molar-refractivity contribution < 1.29 is 24.2 Å². The molecule has 2 unspecified atom stereocenters. The van der Waals surface area contributed by atoms with E-state index in [0.29, 0.717) is 11.3 Å². The van der Waals surface area contributed by atoms with E-state index in [1.54, 1.807) is 31.2 Å². The van der Waals surface area contributed by atoms with Crippen LogP contribution in [-0.4, -0.2) is 36.2 Å². The van der Waals surface area contributed by atoms with E-state index in [-0.39, 0.29) is 13.2 Å². The minimum atomic E-state index is -1.18. The van der Waals surface area contributed by atoms with Crippen molar-refractivity contribution in [3.8, 4) is 5.75 Å². The number of aliphatic hydroxyl groups excluding tert-OH is 1. The van der Waals surface area contributed by atoms with Crippen LogP contribution in [0.25, 0.3) is 0 Å². The third-order valence-corrected chi connectivity index (χ3v) is 2.50. The third kappa shape index (κ3) is 4.52. The van der Waals surface area contributed by atoms with Crippen LogP contribution in [0, 0.1) is 0 Å². The molecule has 0 fully saturated rings. The van der Waals surface area contributed by atoms with Gasteiger partial charge in [-0.25, -0.2) is 0 Å². The predicted molar refractivity (Wildman–Crippen MR) is 70.7 cm³/mol. The van der Waals surface area contributed by atoms with Crippen molar-refractivity contribution in [2.24, 2.45) is 11.5 Å². The first-order chi connectivity index (χ1) is 9.45. The van der Waals surface area contributed by atoms with Crippen LogP contribution >= 0.6 is 0 Å². The Morgan fingerprint density at radius 1 is 1.30 bits per heavy atom. The van der Waals surface area contributed by atoms with Gasteiger partial charge in [0.05, 0.1) is 6.61 Å². The van der Waals surface area contributed by atoms with Gasteiger partial charge in [0.1, 0.15) is 17.9 Å². The van der Waals surface area contributed by atoms with Crippen LogP contribution in [0.5, 0.6) is 5.75 Å².